The zero-order valence-electron chi connectivity index (χ0n) is 19.2. The van der Waals surface area contributed by atoms with Crippen LogP contribution < -0.4 is 10.2 Å². The summed E-state index contributed by atoms with van der Waals surface area (Å²) in [5, 5.41) is 11.5. The molecule has 0 radical (unpaired) electrons. The van der Waals surface area contributed by atoms with Crippen molar-refractivity contribution in [3.63, 3.8) is 0 Å². The molecule has 2 aliphatic heterocycles. The van der Waals surface area contributed by atoms with E-state index < -0.39 is 43.9 Å². The smallest absolute Gasteiger partial charge is 0.371 e. The fourth-order valence-corrected chi connectivity index (χ4v) is 6.47. The Kier molecular flexibility index (Phi) is 6.36. The van der Waals surface area contributed by atoms with Crippen molar-refractivity contribution in [3.05, 3.63) is 29.3 Å². The number of piperidine rings is 1. The third-order valence-electron chi connectivity index (χ3n) is 7.37. The van der Waals surface area contributed by atoms with E-state index in [-0.39, 0.29) is 25.0 Å². The number of hydrogen-bond donors (Lipinski definition) is 1. The first-order valence-corrected chi connectivity index (χ1v) is 13.0. The van der Waals surface area contributed by atoms with Crippen molar-refractivity contribution >= 4 is 21.6 Å². The summed E-state index contributed by atoms with van der Waals surface area (Å²) < 4.78 is 67.5. The zero-order valence-corrected chi connectivity index (χ0v) is 20.0. The van der Waals surface area contributed by atoms with Crippen molar-refractivity contribution in [3.8, 4) is 6.07 Å². The Morgan fingerprint density at radius 2 is 1.88 bits per heavy atom. The van der Waals surface area contributed by atoms with Crippen LogP contribution in [0.2, 0.25) is 0 Å². The Hall–Kier alpha value is -2.32. The topological polar surface area (TPSA) is 93.5 Å². The molecule has 1 atom stereocenters. The van der Waals surface area contributed by atoms with Crippen LogP contribution in [0.1, 0.15) is 50.7 Å². The number of rotatable bonds is 5. The molecule has 4 rings (SSSR count). The maximum absolute atomic E-state index is 13.4. The Bertz CT molecular complexity index is 1100. The molecule has 1 N–H and O–H groups in total. The van der Waals surface area contributed by atoms with Crippen molar-refractivity contribution in [2.75, 3.05) is 31.1 Å². The Morgan fingerprint density at radius 3 is 2.41 bits per heavy atom. The lowest BCUT2D eigenvalue weighted by atomic mass is 9.70. The lowest BCUT2D eigenvalue weighted by Gasteiger charge is -2.43. The lowest BCUT2D eigenvalue weighted by Crippen LogP contribution is -2.49. The van der Waals surface area contributed by atoms with Crippen LogP contribution in [0.4, 0.5) is 18.9 Å². The van der Waals surface area contributed by atoms with Gasteiger partial charge in [-0.2, -0.15) is 18.4 Å². The average Bonchev–Trinajstić information content (AvgIpc) is 3.51. The maximum atomic E-state index is 13.4. The summed E-state index contributed by atoms with van der Waals surface area (Å²) in [5.74, 6) is -0.620. The number of sulfonamides is 1. The van der Waals surface area contributed by atoms with E-state index in [4.69, 9.17) is 5.26 Å². The number of nitriles is 1. The molecule has 3 aliphatic rings. The predicted molar refractivity (Wildman–Crippen MR) is 120 cm³/mol. The first-order chi connectivity index (χ1) is 15.9. The molecule has 1 unspecified atom stereocenters. The van der Waals surface area contributed by atoms with Gasteiger partial charge in [0.2, 0.25) is 15.9 Å². The van der Waals surface area contributed by atoms with Crippen LogP contribution >= 0.6 is 0 Å². The molecule has 1 amide bonds. The van der Waals surface area contributed by atoms with Gasteiger partial charge in [0.1, 0.15) is 0 Å². The molecule has 1 saturated carbocycles. The van der Waals surface area contributed by atoms with Gasteiger partial charge < -0.3 is 10.2 Å². The van der Waals surface area contributed by atoms with E-state index in [0.29, 0.717) is 31.6 Å². The fraction of sp³-hybridized carbons (Fsp3) is 0.652. The summed E-state index contributed by atoms with van der Waals surface area (Å²) in [5.41, 5.74) is -1.59. The van der Waals surface area contributed by atoms with E-state index in [2.05, 4.69) is 5.32 Å². The van der Waals surface area contributed by atoms with E-state index in [0.717, 1.165) is 18.9 Å². The number of hydrogen-bond acceptors (Lipinski definition) is 5. The molecule has 0 bridgehead atoms. The summed E-state index contributed by atoms with van der Waals surface area (Å²) in [6.07, 6.45) is -1.81. The number of nitrogens with zero attached hydrogens (tertiary/aromatic N) is 3. The second-order valence-electron chi connectivity index (χ2n) is 9.91. The van der Waals surface area contributed by atoms with Crippen LogP contribution in [0.15, 0.2) is 18.2 Å². The maximum Gasteiger partial charge on any atom is 0.417 e. The van der Waals surface area contributed by atoms with Crippen molar-refractivity contribution in [2.45, 2.75) is 57.0 Å². The summed E-state index contributed by atoms with van der Waals surface area (Å²) in [7, 11) is -3.54. The number of benzene rings is 1. The molecule has 7 nitrogen and oxygen atoms in total. The van der Waals surface area contributed by atoms with Crippen LogP contribution in [0.25, 0.3) is 0 Å². The standard InChI is InChI=1S/C23H29F3N4O3S/c1-15(2)34(32,33)30-13-20(21(31)28-17-4-5-17)22(14-30)7-9-29(10-8-22)18-6-3-16(12-27)19(11-18)23(24,25)26/h3,6,11,15,17,20H,4-5,7-10,13-14H2,1-2H3,(H,28,31). The third-order valence-corrected chi connectivity index (χ3v) is 9.56. The van der Waals surface area contributed by atoms with Gasteiger partial charge in [0, 0.05) is 43.3 Å². The largest absolute Gasteiger partial charge is 0.417 e. The molecule has 186 valence electrons. The molecule has 1 spiro atoms. The number of nitrogens with one attached hydrogen (secondary N) is 1. The monoisotopic (exact) mass is 498 g/mol. The van der Waals surface area contributed by atoms with Gasteiger partial charge in [-0.3, -0.25) is 4.79 Å². The van der Waals surface area contributed by atoms with E-state index in [1.54, 1.807) is 19.9 Å². The Morgan fingerprint density at radius 1 is 1.24 bits per heavy atom. The summed E-state index contributed by atoms with van der Waals surface area (Å²) in [6, 6.07) is 5.43. The van der Waals surface area contributed by atoms with Crippen LogP contribution in [0, 0.1) is 22.7 Å². The van der Waals surface area contributed by atoms with Crippen molar-refractivity contribution in [2.24, 2.45) is 11.3 Å². The average molecular weight is 499 g/mol. The van der Waals surface area contributed by atoms with Crippen LogP contribution in [0.5, 0.6) is 0 Å². The minimum Gasteiger partial charge on any atom is -0.371 e. The minimum absolute atomic E-state index is 0.130. The molecule has 1 aliphatic carbocycles. The van der Waals surface area contributed by atoms with Gasteiger partial charge in [0.05, 0.1) is 28.4 Å². The second kappa shape index (κ2) is 8.72. The van der Waals surface area contributed by atoms with Gasteiger partial charge in [-0.1, -0.05) is 0 Å². The quantitative estimate of drug-likeness (QED) is 0.674. The Balaban J connectivity index is 1.57. The highest BCUT2D eigenvalue weighted by atomic mass is 32.2. The molecule has 3 fully saturated rings. The van der Waals surface area contributed by atoms with Gasteiger partial charge in [-0.15, -0.1) is 0 Å². The lowest BCUT2D eigenvalue weighted by molar-refractivity contribution is -0.137. The van der Waals surface area contributed by atoms with E-state index in [1.165, 1.54) is 16.4 Å². The number of carbonyl (C=O) groups excluding carboxylic acids is 1. The van der Waals surface area contributed by atoms with Gasteiger partial charge in [0.25, 0.3) is 0 Å². The van der Waals surface area contributed by atoms with Gasteiger partial charge in [-0.05, 0) is 57.7 Å². The molecule has 0 aromatic heterocycles. The molecule has 34 heavy (non-hydrogen) atoms. The second-order valence-corrected chi connectivity index (χ2v) is 12.4. The van der Waals surface area contributed by atoms with E-state index in [9.17, 15) is 26.4 Å². The zero-order chi connectivity index (χ0) is 24.9. The molecule has 11 heteroatoms. The first-order valence-electron chi connectivity index (χ1n) is 11.5. The SMILES string of the molecule is CC(C)S(=O)(=O)N1CC(C(=O)NC2CC2)C2(CCN(c3ccc(C#N)c(C(F)(F)F)c3)CC2)C1. The fourth-order valence-electron chi connectivity index (χ4n) is 5.08. The number of alkyl halides is 3. The number of carbonyl (C=O) groups is 1. The summed E-state index contributed by atoms with van der Waals surface area (Å²) >= 11 is 0. The molecular formula is C23H29F3N4O3S. The highest BCUT2D eigenvalue weighted by Gasteiger charge is 2.54. The van der Waals surface area contributed by atoms with Crippen LogP contribution in [-0.4, -0.2) is 56.1 Å². The first kappa shape index (κ1) is 24.8. The van der Waals surface area contributed by atoms with Crippen molar-refractivity contribution < 1.29 is 26.4 Å². The molecular weight excluding hydrogens is 469 g/mol. The highest BCUT2D eigenvalue weighted by Crippen LogP contribution is 2.47. The third kappa shape index (κ3) is 4.62. The van der Waals surface area contributed by atoms with Crippen LogP contribution in [0.3, 0.4) is 0 Å². The van der Waals surface area contributed by atoms with Gasteiger partial charge in [-0.25, -0.2) is 12.7 Å². The highest BCUT2D eigenvalue weighted by molar-refractivity contribution is 7.89. The van der Waals surface area contributed by atoms with Crippen LogP contribution in [-0.2, 0) is 21.0 Å². The van der Waals surface area contributed by atoms with E-state index >= 15 is 0 Å². The minimum atomic E-state index is -4.64. The summed E-state index contributed by atoms with van der Waals surface area (Å²) in [6.45, 7) is 4.40. The van der Waals surface area contributed by atoms with Crippen molar-refractivity contribution in [1.82, 2.24) is 9.62 Å². The van der Waals surface area contributed by atoms with E-state index in [1.807, 2.05) is 4.90 Å². The molecule has 2 heterocycles. The normalized spacial score (nSPS) is 23.3. The van der Waals surface area contributed by atoms with Gasteiger partial charge in [0.15, 0.2) is 0 Å². The predicted octanol–water partition coefficient (Wildman–Crippen LogP) is 3.11. The number of halogens is 3. The number of anilines is 1. The molecule has 2 saturated heterocycles. The molecule has 1 aromatic rings. The number of amides is 1. The van der Waals surface area contributed by atoms with Crippen molar-refractivity contribution in [1.29, 1.82) is 5.26 Å². The van der Waals surface area contributed by atoms with Gasteiger partial charge >= 0.3 is 6.18 Å². The summed E-state index contributed by atoms with van der Waals surface area (Å²) in [4.78, 5) is 14.9. The molecule has 1 aromatic carbocycles. The Labute approximate surface area is 197 Å².